The molecule has 1 unspecified atom stereocenters. The normalized spacial score (nSPS) is 12.0. The molecule has 0 amide bonds. The third kappa shape index (κ3) is 3.29. The molecule has 0 heterocycles. The first-order valence-corrected chi connectivity index (χ1v) is 6.80. The van der Waals surface area contributed by atoms with Gasteiger partial charge in [-0.05, 0) is 54.8 Å². The number of anilines is 1. The average molecular weight is 273 g/mol. The quantitative estimate of drug-likeness (QED) is 0.852. The van der Waals surface area contributed by atoms with E-state index in [9.17, 15) is 4.39 Å². The van der Waals surface area contributed by atoms with Gasteiger partial charge in [0.15, 0.2) is 0 Å². The molecule has 0 aliphatic rings. The van der Waals surface area contributed by atoms with Crippen LogP contribution in [0.1, 0.15) is 30.5 Å². The van der Waals surface area contributed by atoms with Gasteiger partial charge in [0.2, 0.25) is 0 Å². The Morgan fingerprint density at radius 1 is 1.15 bits per heavy atom. The van der Waals surface area contributed by atoms with Gasteiger partial charge in [-0.1, -0.05) is 19.1 Å². The summed E-state index contributed by atoms with van der Waals surface area (Å²) in [6, 6.07) is 13.3. The van der Waals surface area contributed by atoms with Gasteiger partial charge in [-0.15, -0.1) is 0 Å². The van der Waals surface area contributed by atoms with Crippen molar-refractivity contribution in [3.8, 4) is 5.75 Å². The fraction of sp³-hybridized carbons (Fsp3) is 0.294. The van der Waals surface area contributed by atoms with Crippen molar-refractivity contribution < 1.29 is 9.13 Å². The summed E-state index contributed by atoms with van der Waals surface area (Å²) in [5.41, 5.74) is 2.78. The highest BCUT2D eigenvalue weighted by atomic mass is 19.1. The molecule has 106 valence electrons. The smallest absolute Gasteiger partial charge is 0.126 e. The Morgan fingerprint density at radius 3 is 2.40 bits per heavy atom. The lowest BCUT2D eigenvalue weighted by Crippen LogP contribution is -2.09. The highest BCUT2D eigenvalue weighted by molar-refractivity contribution is 5.48. The van der Waals surface area contributed by atoms with Crippen molar-refractivity contribution in [2.24, 2.45) is 0 Å². The number of ether oxygens (including phenoxy) is 1. The van der Waals surface area contributed by atoms with E-state index >= 15 is 0 Å². The summed E-state index contributed by atoms with van der Waals surface area (Å²) >= 11 is 0. The lowest BCUT2D eigenvalue weighted by atomic mass is 10.0. The SMILES string of the molecule is CCC(Nc1ccc(F)c(C)c1)c1ccc(OC)cc1. The van der Waals surface area contributed by atoms with Gasteiger partial charge in [0, 0.05) is 5.69 Å². The molecule has 2 nitrogen and oxygen atoms in total. The number of aryl methyl sites for hydroxylation is 1. The molecule has 0 spiro atoms. The molecule has 1 atom stereocenters. The van der Waals surface area contributed by atoms with Gasteiger partial charge >= 0.3 is 0 Å². The predicted octanol–water partition coefficient (Wildman–Crippen LogP) is 4.71. The average Bonchev–Trinajstić information content (AvgIpc) is 2.48. The van der Waals surface area contributed by atoms with Gasteiger partial charge in [-0.3, -0.25) is 0 Å². The number of methoxy groups -OCH3 is 1. The maximum atomic E-state index is 13.3. The Morgan fingerprint density at radius 2 is 1.85 bits per heavy atom. The maximum absolute atomic E-state index is 13.3. The van der Waals surface area contributed by atoms with E-state index in [1.54, 1.807) is 20.1 Å². The van der Waals surface area contributed by atoms with Crippen molar-refractivity contribution in [2.45, 2.75) is 26.3 Å². The molecular weight excluding hydrogens is 253 g/mol. The second-order valence-corrected chi connectivity index (χ2v) is 4.84. The Labute approximate surface area is 119 Å². The van der Waals surface area contributed by atoms with Crippen LogP contribution in [0.5, 0.6) is 5.75 Å². The minimum Gasteiger partial charge on any atom is -0.497 e. The first kappa shape index (κ1) is 14.4. The van der Waals surface area contributed by atoms with Gasteiger partial charge in [-0.25, -0.2) is 4.39 Å². The molecule has 0 fully saturated rings. The van der Waals surface area contributed by atoms with Gasteiger partial charge in [0.05, 0.1) is 13.2 Å². The van der Waals surface area contributed by atoms with E-state index in [2.05, 4.69) is 24.4 Å². The molecule has 0 bridgehead atoms. The Balaban J connectivity index is 2.16. The summed E-state index contributed by atoms with van der Waals surface area (Å²) < 4.78 is 18.5. The summed E-state index contributed by atoms with van der Waals surface area (Å²) in [6.07, 6.45) is 0.947. The van der Waals surface area contributed by atoms with Gasteiger partial charge in [0.25, 0.3) is 0 Å². The van der Waals surface area contributed by atoms with E-state index in [4.69, 9.17) is 4.74 Å². The monoisotopic (exact) mass is 273 g/mol. The first-order valence-electron chi connectivity index (χ1n) is 6.80. The van der Waals surface area contributed by atoms with Crippen LogP contribution in [-0.4, -0.2) is 7.11 Å². The van der Waals surface area contributed by atoms with Crippen LogP contribution in [0.25, 0.3) is 0 Å². The fourth-order valence-corrected chi connectivity index (χ4v) is 2.19. The zero-order valence-corrected chi connectivity index (χ0v) is 12.1. The summed E-state index contributed by atoms with van der Waals surface area (Å²) in [4.78, 5) is 0. The Bertz CT molecular complexity index is 566. The molecule has 0 aliphatic carbocycles. The molecule has 1 N–H and O–H groups in total. The van der Waals surface area contributed by atoms with Crippen LogP contribution in [0.4, 0.5) is 10.1 Å². The number of hydrogen-bond donors (Lipinski definition) is 1. The number of nitrogens with one attached hydrogen (secondary N) is 1. The second kappa shape index (κ2) is 6.42. The number of benzene rings is 2. The molecule has 3 heteroatoms. The minimum atomic E-state index is -0.173. The third-order valence-corrected chi connectivity index (χ3v) is 3.43. The first-order chi connectivity index (χ1) is 9.63. The molecule has 2 rings (SSSR count). The van der Waals surface area contributed by atoms with Crippen LogP contribution in [0.3, 0.4) is 0 Å². The van der Waals surface area contributed by atoms with Crippen molar-refractivity contribution >= 4 is 5.69 Å². The molecule has 20 heavy (non-hydrogen) atoms. The van der Waals surface area contributed by atoms with Gasteiger partial charge in [-0.2, -0.15) is 0 Å². The zero-order chi connectivity index (χ0) is 14.5. The van der Waals surface area contributed by atoms with Crippen LogP contribution in [0.15, 0.2) is 42.5 Å². The van der Waals surface area contributed by atoms with Crippen molar-refractivity contribution in [1.82, 2.24) is 0 Å². The van der Waals surface area contributed by atoms with Gasteiger partial charge < -0.3 is 10.1 Å². The number of halogens is 1. The molecule has 2 aromatic carbocycles. The molecule has 2 aromatic rings. The number of hydrogen-bond acceptors (Lipinski definition) is 2. The maximum Gasteiger partial charge on any atom is 0.126 e. The van der Waals surface area contributed by atoms with Crippen molar-refractivity contribution in [2.75, 3.05) is 12.4 Å². The molecule has 0 aromatic heterocycles. The van der Waals surface area contributed by atoms with E-state index in [1.807, 2.05) is 18.2 Å². The third-order valence-electron chi connectivity index (χ3n) is 3.43. The van der Waals surface area contributed by atoms with Crippen LogP contribution in [-0.2, 0) is 0 Å². The Kier molecular flexibility index (Phi) is 4.61. The molecular formula is C17H20FNO. The minimum absolute atomic E-state index is 0.173. The van der Waals surface area contributed by atoms with Crippen LogP contribution < -0.4 is 10.1 Å². The predicted molar refractivity (Wildman–Crippen MR) is 80.8 cm³/mol. The molecule has 0 aliphatic heterocycles. The molecule has 0 saturated carbocycles. The van der Waals surface area contributed by atoms with E-state index < -0.39 is 0 Å². The highest BCUT2D eigenvalue weighted by Crippen LogP contribution is 2.25. The topological polar surface area (TPSA) is 21.3 Å². The molecule has 0 radical (unpaired) electrons. The second-order valence-electron chi connectivity index (χ2n) is 4.84. The lowest BCUT2D eigenvalue weighted by molar-refractivity contribution is 0.414. The van der Waals surface area contributed by atoms with E-state index in [0.29, 0.717) is 5.56 Å². The van der Waals surface area contributed by atoms with Crippen molar-refractivity contribution in [1.29, 1.82) is 0 Å². The van der Waals surface area contributed by atoms with Crippen molar-refractivity contribution in [3.05, 3.63) is 59.4 Å². The largest absolute Gasteiger partial charge is 0.497 e. The van der Waals surface area contributed by atoms with E-state index in [1.165, 1.54) is 11.6 Å². The van der Waals surface area contributed by atoms with Crippen LogP contribution >= 0.6 is 0 Å². The van der Waals surface area contributed by atoms with Crippen LogP contribution in [0, 0.1) is 12.7 Å². The zero-order valence-electron chi connectivity index (χ0n) is 12.1. The fourth-order valence-electron chi connectivity index (χ4n) is 2.19. The van der Waals surface area contributed by atoms with Gasteiger partial charge in [0.1, 0.15) is 11.6 Å². The lowest BCUT2D eigenvalue weighted by Gasteiger charge is -2.19. The summed E-state index contributed by atoms with van der Waals surface area (Å²) in [5, 5.41) is 3.44. The summed E-state index contributed by atoms with van der Waals surface area (Å²) in [6.45, 7) is 3.90. The van der Waals surface area contributed by atoms with E-state index in [-0.39, 0.29) is 11.9 Å². The highest BCUT2D eigenvalue weighted by Gasteiger charge is 2.10. The van der Waals surface area contributed by atoms with Crippen LogP contribution in [0.2, 0.25) is 0 Å². The summed E-state index contributed by atoms with van der Waals surface area (Å²) in [7, 11) is 1.66. The van der Waals surface area contributed by atoms with E-state index in [0.717, 1.165) is 17.9 Å². The number of rotatable bonds is 5. The standard InChI is InChI=1S/C17H20FNO/c1-4-17(13-5-8-15(20-3)9-6-13)19-14-7-10-16(18)12(2)11-14/h5-11,17,19H,4H2,1-3H3. The Hall–Kier alpha value is -2.03. The summed E-state index contributed by atoms with van der Waals surface area (Å²) in [5.74, 6) is 0.675. The van der Waals surface area contributed by atoms with Crippen molar-refractivity contribution in [3.63, 3.8) is 0 Å². The molecule has 0 saturated heterocycles.